The highest BCUT2D eigenvalue weighted by Crippen LogP contribution is 2.52. The van der Waals surface area contributed by atoms with Gasteiger partial charge in [-0.1, -0.05) is 159 Å². The Balaban J connectivity index is 1.26. The fourth-order valence-electron chi connectivity index (χ4n) is 8.19. The smallest absolute Gasteiger partial charge is 0.164 e. The minimum atomic E-state index is -0.235. The van der Waals surface area contributed by atoms with Gasteiger partial charge in [0, 0.05) is 38.4 Å². The lowest BCUT2D eigenvalue weighted by Crippen LogP contribution is -2.17. The summed E-state index contributed by atoms with van der Waals surface area (Å²) in [5.41, 5.74) is 13.5. The van der Waals surface area contributed by atoms with Gasteiger partial charge in [-0.15, -0.1) is 0 Å². The van der Waals surface area contributed by atoms with Crippen LogP contribution in [0.25, 0.3) is 89.5 Å². The molecule has 2 heterocycles. The van der Waals surface area contributed by atoms with Gasteiger partial charge in [0.25, 0.3) is 0 Å². The van der Waals surface area contributed by atoms with Crippen molar-refractivity contribution in [3.8, 4) is 67.5 Å². The number of fused-ring (bicyclic) bond motifs is 6. The first-order valence-corrected chi connectivity index (χ1v) is 17.7. The Morgan fingerprint density at radius 3 is 1.73 bits per heavy atom. The number of benzene rings is 7. The summed E-state index contributed by atoms with van der Waals surface area (Å²) in [5, 5.41) is 2.14. The summed E-state index contributed by atoms with van der Waals surface area (Å²) < 4.78 is 6.84. The van der Waals surface area contributed by atoms with E-state index in [2.05, 4.69) is 147 Å². The maximum Gasteiger partial charge on any atom is 0.164 e. The molecule has 0 N–H and O–H groups in total. The summed E-state index contributed by atoms with van der Waals surface area (Å²) in [4.78, 5) is 15.8. The van der Waals surface area contributed by atoms with Gasteiger partial charge in [-0.05, 0) is 57.1 Å². The zero-order valence-electron chi connectivity index (χ0n) is 28.8. The lowest BCUT2D eigenvalue weighted by molar-refractivity contribution is 0.661. The second-order valence-corrected chi connectivity index (χ2v) is 13.9. The second-order valence-electron chi connectivity index (χ2n) is 13.9. The van der Waals surface area contributed by atoms with Crippen LogP contribution in [0.2, 0.25) is 0 Å². The van der Waals surface area contributed by atoms with Crippen molar-refractivity contribution in [3.05, 3.63) is 175 Å². The Hall–Kier alpha value is -6.65. The van der Waals surface area contributed by atoms with Crippen LogP contribution in [0, 0.1) is 0 Å². The monoisotopic (exact) mass is 667 g/mol. The van der Waals surface area contributed by atoms with Crippen molar-refractivity contribution in [2.75, 3.05) is 0 Å². The predicted octanol–water partition coefficient (Wildman–Crippen LogP) is 12.4. The highest BCUT2D eigenvalue weighted by Gasteiger charge is 2.38. The van der Waals surface area contributed by atoms with Gasteiger partial charge < -0.3 is 4.42 Å². The van der Waals surface area contributed by atoms with Gasteiger partial charge in [-0.2, -0.15) is 0 Å². The topological polar surface area (TPSA) is 51.8 Å². The molecule has 1 aliphatic rings. The van der Waals surface area contributed by atoms with Crippen LogP contribution in [0.5, 0.6) is 0 Å². The zero-order valence-corrected chi connectivity index (χ0v) is 28.8. The zero-order chi connectivity index (χ0) is 34.8. The molecule has 0 unspecified atom stereocenters. The molecule has 0 spiro atoms. The van der Waals surface area contributed by atoms with Crippen LogP contribution in [0.1, 0.15) is 25.0 Å². The van der Waals surface area contributed by atoms with E-state index in [1.165, 1.54) is 22.3 Å². The molecule has 0 aliphatic heterocycles. The molecule has 0 bridgehead atoms. The summed E-state index contributed by atoms with van der Waals surface area (Å²) in [5.74, 6) is 1.87. The van der Waals surface area contributed by atoms with Gasteiger partial charge >= 0.3 is 0 Å². The number of furan rings is 1. The van der Waals surface area contributed by atoms with Gasteiger partial charge in [0.2, 0.25) is 0 Å². The van der Waals surface area contributed by atoms with Crippen LogP contribution in [-0.2, 0) is 5.41 Å². The molecule has 0 radical (unpaired) electrons. The Morgan fingerprint density at radius 2 is 0.981 bits per heavy atom. The average Bonchev–Trinajstić information content (AvgIpc) is 3.70. The largest absolute Gasteiger partial charge is 0.455 e. The maximum atomic E-state index is 6.84. The van der Waals surface area contributed by atoms with E-state index in [-0.39, 0.29) is 5.41 Å². The molecular formula is C48H33N3O. The Labute approximate surface area is 302 Å². The van der Waals surface area contributed by atoms with Crippen molar-refractivity contribution in [2.24, 2.45) is 0 Å². The first-order valence-electron chi connectivity index (χ1n) is 17.7. The first-order chi connectivity index (χ1) is 25.6. The van der Waals surface area contributed by atoms with Crippen LogP contribution in [0.3, 0.4) is 0 Å². The molecule has 0 saturated carbocycles. The van der Waals surface area contributed by atoms with E-state index in [9.17, 15) is 0 Å². The van der Waals surface area contributed by atoms with E-state index in [1.54, 1.807) is 0 Å². The summed E-state index contributed by atoms with van der Waals surface area (Å²) in [7, 11) is 0. The molecule has 4 heteroatoms. The van der Waals surface area contributed by atoms with Crippen molar-refractivity contribution < 1.29 is 4.42 Å². The highest BCUT2D eigenvalue weighted by atomic mass is 16.3. The molecule has 0 atom stereocenters. The standard InChI is InChI=1S/C48H33N3O/c1-48(2)39-26-13-12-22-34(39)35-24-14-25-38(43(35)48)47-50-45(32-20-10-5-11-21-32)49-46(51-47)37-29-28-36-42-33(30-16-6-3-7-17-30)23-15-27-40(42)52-44(36)41(37)31-18-8-4-9-19-31/h3-29H,1-2H3. The third kappa shape index (κ3) is 4.65. The third-order valence-electron chi connectivity index (χ3n) is 10.5. The highest BCUT2D eigenvalue weighted by molar-refractivity contribution is 6.17. The summed E-state index contributed by atoms with van der Waals surface area (Å²) in [6.45, 7) is 4.60. The number of nitrogens with zero attached hydrogens (tertiary/aromatic N) is 3. The quantitative estimate of drug-likeness (QED) is 0.183. The predicted molar refractivity (Wildman–Crippen MR) is 212 cm³/mol. The normalized spacial score (nSPS) is 13.0. The summed E-state index contributed by atoms with van der Waals surface area (Å²) >= 11 is 0. The van der Waals surface area contributed by atoms with Gasteiger partial charge in [0.15, 0.2) is 17.5 Å². The van der Waals surface area contributed by atoms with Gasteiger partial charge in [-0.25, -0.2) is 15.0 Å². The number of aromatic nitrogens is 3. The van der Waals surface area contributed by atoms with Crippen molar-refractivity contribution in [2.45, 2.75) is 19.3 Å². The van der Waals surface area contributed by atoms with E-state index < -0.39 is 0 Å². The fourth-order valence-corrected chi connectivity index (χ4v) is 8.19. The molecule has 9 aromatic rings. The number of hydrogen-bond acceptors (Lipinski definition) is 4. The molecule has 246 valence electrons. The first kappa shape index (κ1) is 30.2. The molecule has 7 aromatic carbocycles. The van der Waals surface area contributed by atoms with E-state index in [0.717, 1.165) is 60.9 Å². The van der Waals surface area contributed by atoms with Crippen molar-refractivity contribution >= 4 is 21.9 Å². The second kappa shape index (κ2) is 11.7. The van der Waals surface area contributed by atoms with Crippen LogP contribution >= 0.6 is 0 Å². The van der Waals surface area contributed by atoms with E-state index in [1.807, 2.05) is 30.3 Å². The molecule has 0 amide bonds. The van der Waals surface area contributed by atoms with Crippen molar-refractivity contribution in [1.82, 2.24) is 15.0 Å². The van der Waals surface area contributed by atoms with Crippen LogP contribution in [0.15, 0.2) is 168 Å². The molecule has 2 aromatic heterocycles. The van der Waals surface area contributed by atoms with Crippen LogP contribution in [-0.4, -0.2) is 15.0 Å². The van der Waals surface area contributed by atoms with Gasteiger partial charge in [-0.3, -0.25) is 0 Å². The van der Waals surface area contributed by atoms with Crippen molar-refractivity contribution in [1.29, 1.82) is 0 Å². The molecule has 10 rings (SSSR count). The lowest BCUT2D eigenvalue weighted by Gasteiger charge is -2.24. The molecule has 1 aliphatic carbocycles. The molecule has 0 fully saturated rings. The Morgan fingerprint density at radius 1 is 0.423 bits per heavy atom. The van der Waals surface area contributed by atoms with Gasteiger partial charge in [0.1, 0.15) is 11.2 Å². The Kier molecular flexibility index (Phi) is 6.80. The molecule has 4 nitrogen and oxygen atoms in total. The summed E-state index contributed by atoms with van der Waals surface area (Å²) in [6, 6.07) is 57.0. The SMILES string of the molecule is CC1(C)c2ccccc2-c2cccc(-c3nc(-c4ccccc4)nc(-c4ccc5c(oc6cccc(-c7ccccc7)c65)c4-c4ccccc4)n3)c21. The van der Waals surface area contributed by atoms with Crippen LogP contribution in [0.4, 0.5) is 0 Å². The van der Waals surface area contributed by atoms with Gasteiger partial charge in [0.05, 0.1) is 0 Å². The van der Waals surface area contributed by atoms with E-state index in [4.69, 9.17) is 19.4 Å². The van der Waals surface area contributed by atoms with Crippen LogP contribution < -0.4 is 0 Å². The number of rotatable bonds is 5. The number of hydrogen-bond donors (Lipinski definition) is 0. The third-order valence-corrected chi connectivity index (χ3v) is 10.5. The molecular weight excluding hydrogens is 635 g/mol. The van der Waals surface area contributed by atoms with Crippen molar-refractivity contribution in [3.63, 3.8) is 0 Å². The van der Waals surface area contributed by atoms with E-state index >= 15 is 0 Å². The average molecular weight is 668 g/mol. The minimum Gasteiger partial charge on any atom is -0.455 e. The van der Waals surface area contributed by atoms with E-state index in [0.29, 0.717) is 17.5 Å². The summed E-state index contributed by atoms with van der Waals surface area (Å²) in [6.07, 6.45) is 0. The molecule has 52 heavy (non-hydrogen) atoms. The maximum absolute atomic E-state index is 6.84. The molecule has 0 saturated heterocycles. The lowest BCUT2D eigenvalue weighted by atomic mass is 9.80. The fraction of sp³-hybridized carbons (Fsp3) is 0.0625. The minimum absolute atomic E-state index is 0.235. The Bertz CT molecular complexity index is 2800.